The number of hydrogen-bond acceptors (Lipinski definition) is 3. The van der Waals surface area contributed by atoms with Gasteiger partial charge in [0.2, 0.25) is 0 Å². The topological polar surface area (TPSA) is 71.0 Å². The quantitative estimate of drug-likeness (QED) is 0.552. The first-order valence-corrected chi connectivity index (χ1v) is 6.09. The Bertz CT molecular complexity index is 237. The molecule has 4 nitrogen and oxygen atoms in total. The Morgan fingerprint density at radius 3 is 2.58 bits per heavy atom. The number of sulfone groups is 1. The molecule has 1 saturated heterocycles. The van der Waals surface area contributed by atoms with Gasteiger partial charge in [-0.05, 0) is 6.42 Å². The van der Waals surface area contributed by atoms with Gasteiger partial charge in [0.15, 0.2) is 9.84 Å². The monoisotopic (exact) mass is 194 g/mol. The Balaban J connectivity index is 2.47. The molecule has 72 valence electrons. The van der Waals surface area contributed by atoms with Gasteiger partial charge in [-0.25, -0.2) is 8.42 Å². The van der Waals surface area contributed by atoms with E-state index in [1.165, 1.54) is 0 Å². The number of hydrogen-bond donors (Lipinski definition) is 2. The molecule has 2 atom stereocenters. The molecular formula is C7H16NO3S+. The molecule has 0 bridgehead atoms. The minimum atomic E-state index is -2.96. The molecule has 0 aromatic rings. The van der Waals surface area contributed by atoms with Crippen LogP contribution in [-0.2, 0) is 9.84 Å². The van der Waals surface area contributed by atoms with Crippen LogP contribution < -0.4 is 5.32 Å². The van der Waals surface area contributed by atoms with E-state index in [1.807, 2.05) is 12.2 Å². The highest BCUT2D eigenvalue weighted by Crippen LogP contribution is 2.08. The molecule has 0 saturated carbocycles. The predicted molar refractivity (Wildman–Crippen MR) is 45.5 cm³/mol. The maximum atomic E-state index is 11.0. The zero-order valence-electron chi connectivity index (χ0n) is 7.23. The molecule has 1 fully saturated rings. The van der Waals surface area contributed by atoms with Crippen molar-refractivity contribution in [3.05, 3.63) is 0 Å². The lowest BCUT2D eigenvalue weighted by Crippen LogP contribution is -2.92. The van der Waals surface area contributed by atoms with Gasteiger partial charge < -0.3 is 10.4 Å². The van der Waals surface area contributed by atoms with Gasteiger partial charge in [0.1, 0.15) is 17.9 Å². The SMILES string of the molecule is CCC[NH2+][C@H]1CS(=O)(=O)C[C@@H]1O. The summed E-state index contributed by atoms with van der Waals surface area (Å²) in [5.74, 6) is 0.0754. The largest absolute Gasteiger partial charge is 0.386 e. The van der Waals surface area contributed by atoms with E-state index < -0.39 is 15.9 Å². The van der Waals surface area contributed by atoms with Gasteiger partial charge >= 0.3 is 0 Å². The average Bonchev–Trinajstić information content (AvgIpc) is 2.20. The molecule has 5 heteroatoms. The van der Waals surface area contributed by atoms with Crippen molar-refractivity contribution in [1.82, 2.24) is 0 Å². The highest BCUT2D eigenvalue weighted by molar-refractivity contribution is 7.91. The lowest BCUT2D eigenvalue weighted by molar-refractivity contribution is -0.690. The average molecular weight is 194 g/mol. The number of nitrogens with two attached hydrogens (primary N) is 1. The van der Waals surface area contributed by atoms with Gasteiger partial charge in [-0.15, -0.1) is 0 Å². The Morgan fingerprint density at radius 2 is 2.17 bits per heavy atom. The molecule has 0 aliphatic carbocycles. The summed E-state index contributed by atoms with van der Waals surface area (Å²) in [5.41, 5.74) is 0. The maximum absolute atomic E-state index is 11.0. The van der Waals surface area contributed by atoms with Crippen LogP contribution in [0.1, 0.15) is 13.3 Å². The second kappa shape index (κ2) is 3.72. The van der Waals surface area contributed by atoms with Crippen LogP contribution in [0.25, 0.3) is 0 Å². The van der Waals surface area contributed by atoms with Crippen molar-refractivity contribution in [2.24, 2.45) is 0 Å². The summed E-state index contributed by atoms with van der Waals surface area (Å²) < 4.78 is 22.1. The summed E-state index contributed by atoms with van der Waals surface area (Å²) >= 11 is 0. The molecule has 1 aliphatic rings. The molecule has 3 N–H and O–H groups in total. The standard InChI is InChI=1S/C7H15NO3S/c1-2-3-8-6-4-12(10,11)5-7(6)9/h6-9H,2-5H2,1H3/p+1/t6-,7-/m0/s1. The first-order chi connectivity index (χ1) is 5.55. The van der Waals surface area contributed by atoms with Crippen molar-refractivity contribution in [2.45, 2.75) is 25.5 Å². The zero-order chi connectivity index (χ0) is 9.19. The van der Waals surface area contributed by atoms with E-state index in [0.717, 1.165) is 13.0 Å². The zero-order valence-corrected chi connectivity index (χ0v) is 8.05. The van der Waals surface area contributed by atoms with Crippen molar-refractivity contribution in [2.75, 3.05) is 18.1 Å². The molecule has 0 spiro atoms. The van der Waals surface area contributed by atoms with Crippen molar-refractivity contribution in [3.63, 3.8) is 0 Å². The van der Waals surface area contributed by atoms with E-state index >= 15 is 0 Å². The van der Waals surface area contributed by atoms with Crippen LogP contribution in [0.3, 0.4) is 0 Å². The van der Waals surface area contributed by atoms with Crippen LogP contribution >= 0.6 is 0 Å². The molecule has 1 aliphatic heterocycles. The van der Waals surface area contributed by atoms with Crippen LogP contribution in [0.2, 0.25) is 0 Å². The van der Waals surface area contributed by atoms with Crippen LogP contribution in [-0.4, -0.2) is 43.7 Å². The van der Waals surface area contributed by atoms with Crippen LogP contribution in [0.5, 0.6) is 0 Å². The summed E-state index contributed by atoms with van der Waals surface area (Å²) in [6, 6.07) is -0.130. The van der Waals surface area contributed by atoms with Gasteiger partial charge in [0.25, 0.3) is 0 Å². The van der Waals surface area contributed by atoms with Crippen molar-refractivity contribution in [3.8, 4) is 0 Å². The van der Waals surface area contributed by atoms with E-state index in [1.54, 1.807) is 0 Å². The second-order valence-corrected chi connectivity index (χ2v) is 5.49. The summed E-state index contributed by atoms with van der Waals surface area (Å²) in [6.07, 6.45) is 0.338. The fourth-order valence-corrected chi connectivity index (χ4v) is 3.31. The molecule has 0 amide bonds. The molecule has 0 radical (unpaired) electrons. The summed E-state index contributed by atoms with van der Waals surface area (Å²) in [7, 11) is -2.96. The lowest BCUT2D eigenvalue weighted by atomic mass is 10.2. The fourth-order valence-electron chi connectivity index (χ4n) is 1.46. The lowest BCUT2D eigenvalue weighted by Gasteiger charge is -2.09. The Morgan fingerprint density at radius 1 is 1.50 bits per heavy atom. The van der Waals surface area contributed by atoms with Crippen LogP contribution in [0.4, 0.5) is 0 Å². The van der Waals surface area contributed by atoms with E-state index in [2.05, 4.69) is 0 Å². The summed E-state index contributed by atoms with van der Waals surface area (Å²) in [5, 5.41) is 11.3. The number of quaternary nitrogens is 1. The fraction of sp³-hybridized carbons (Fsp3) is 1.00. The van der Waals surface area contributed by atoms with Crippen molar-refractivity contribution < 1.29 is 18.8 Å². The molecule has 0 aromatic carbocycles. The first-order valence-electron chi connectivity index (χ1n) is 4.27. The number of rotatable bonds is 3. The second-order valence-electron chi connectivity index (χ2n) is 3.33. The third-order valence-electron chi connectivity index (χ3n) is 2.12. The summed E-state index contributed by atoms with van der Waals surface area (Å²) in [6.45, 7) is 2.92. The van der Waals surface area contributed by atoms with Crippen LogP contribution in [0.15, 0.2) is 0 Å². The van der Waals surface area contributed by atoms with Gasteiger partial charge in [-0.2, -0.15) is 0 Å². The predicted octanol–water partition coefficient (Wildman–Crippen LogP) is -1.88. The third kappa shape index (κ3) is 2.43. The highest BCUT2D eigenvalue weighted by atomic mass is 32.2. The molecular weight excluding hydrogens is 178 g/mol. The molecule has 0 unspecified atom stereocenters. The molecule has 1 heterocycles. The molecule has 12 heavy (non-hydrogen) atoms. The molecule has 0 aromatic heterocycles. The van der Waals surface area contributed by atoms with Crippen LogP contribution in [0, 0.1) is 0 Å². The van der Waals surface area contributed by atoms with E-state index in [9.17, 15) is 13.5 Å². The molecule has 1 rings (SSSR count). The Kier molecular flexibility index (Phi) is 3.09. The minimum absolute atomic E-state index is 0.0577. The minimum Gasteiger partial charge on any atom is -0.386 e. The summed E-state index contributed by atoms with van der Waals surface area (Å²) in [4.78, 5) is 0. The van der Waals surface area contributed by atoms with E-state index in [-0.39, 0.29) is 17.5 Å². The first kappa shape index (κ1) is 9.95. The van der Waals surface area contributed by atoms with E-state index in [4.69, 9.17) is 0 Å². The smallest absolute Gasteiger partial charge is 0.159 e. The Hall–Kier alpha value is -0.130. The van der Waals surface area contributed by atoms with E-state index in [0.29, 0.717) is 0 Å². The normalized spacial score (nSPS) is 33.8. The number of aliphatic hydroxyl groups is 1. The van der Waals surface area contributed by atoms with Gasteiger partial charge in [0, 0.05) is 0 Å². The third-order valence-corrected chi connectivity index (χ3v) is 3.87. The van der Waals surface area contributed by atoms with Gasteiger partial charge in [0.05, 0.1) is 12.3 Å². The van der Waals surface area contributed by atoms with Gasteiger partial charge in [-0.3, -0.25) is 0 Å². The highest BCUT2D eigenvalue weighted by Gasteiger charge is 2.38. The Labute approximate surface area is 72.9 Å². The number of aliphatic hydroxyl groups excluding tert-OH is 1. The van der Waals surface area contributed by atoms with Crippen molar-refractivity contribution in [1.29, 1.82) is 0 Å². The van der Waals surface area contributed by atoms with Crippen molar-refractivity contribution >= 4 is 9.84 Å². The maximum Gasteiger partial charge on any atom is 0.159 e. The van der Waals surface area contributed by atoms with Gasteiger partial charge in [-0.1, -0.05) is 6.92 Å².